The minimum absolute atomic E-state index is 0. The molecule has 1 fully saturated rings. The molecule has 0 heterocycles. The summed E-state index contributed by atoms with van der Waals surface area (Å²) in [5, 5.41) is 0. The molecule has 1 saturated carbocycles. The summed E-state index contributed by atoms with van der Waals surface area (Å²) in [5.74, 6) is 0.226. The van der Waals surface area contributed by atoms with Gasteiger partial charge < -0.3 is 10.5 Å². The van der Waals surface area contributed by atoms with Crippen molar-refractivity contribution in [2.75, 3.05) is 7.11 Å². The zero-order chi connectivity index (χ0) is 8.97. The average Bonchev–Trinajstić information content (AvgIpc) is 2.09. The molecule has 0 aromatic rings. The predicted molar refractivity (Wildman–Crippen MR) is 53.8 cm³/mol. The lowest BCUT2D eigenvalue weighted by atomic mass is 9.83. The predicted octanol–water partition coefficient (Wildman–Crippen LogP) is 1.49. The van der Waals surface area contributed by atoms with Crippen LogP contribution < -0.4 is 5.73 Å². The van der Waals surface area contributed by atoms with Gasteiger partial charge in [0.1, 0.15) is 0 Å². The molecule has 2 atom stereocenters. The smallest absolute Gasteiger partial charge is 0.305 e. The highest BCUT2D eigenvalue weighted by Gasteiger charge is 2.24. The number of hydrogen-bond acceptors (Lipinski definition) is 3. The van der Waals surface area contributed by atoms with E-state index in [0.717, 1.165) is 12.8 Å². The molecule has 4 heteroatoms. The Bertz CT molecular complexity index is 164. The van der Waals surface area contributed by atoms with Crippen LogP contribution in [0.15, 0.2) is 0 Å². The molecule has 0 aromatic heterocycles. The molecule has 0 spiro atoms. The van der Waals surface area contributed by atoms with Gasteiger partial charge in [0.15, 0.2) is 0 Å². The lowest BCUT2D eigenvalue weighted by Gasteiger charge is -2.27. The highest BCUT2D eigenvalue weighted by atomic mass is 35.5. The SMILES string of the molecule is COC(=O)C[C@@H]1CCCC[C@@H]1N.Cl. The standard InChI is InChI=1S/C9H17NO2.ClH/c1-12-9(11)6-7-4-2-3-5-8(7)10;/h7-8H,2-6,10H2,1H3;1H/t7-,8-;/m0./s1. The average molecular weight is 208 g/mol. The van der Waals surface area contributed by atoms with Crippen LogP contribution in [0.5, 0.6) is 0 Å². The summed E-state index contributed by atoms with van der Waals surface area (Å²) in [6.07, 6.45) is 5.05. The second-order valence-corrected chi connectivity index (χ2v) is 3.49. The molecule has 0 aliphatic heterocycles. The number of rotatable bonds is 2. The van der Waals surface area contributed by atoms with E-state index in [1.165, 1.54) is 20.0 Å². The lowest BCUT2D eigenvalue weighted by molar-refractivity contribution is -0.142. The van der Waals surface area contributed by atoms with Crippen LogP contribution in [0.2, 0.25) is 0 Å². The van der Waals surface area contributed by atoms with Crippen LogP contribution in [0.25, 0.3) is 0 Å². The summed E-state index contributed by atoms with van der Waals surface area (Å²) in [7, 11) is 1.43. The van der Waals surface area contributed by atoms with Gasteiger partial charge in [0, 0.05) is 12.5 Å². The van der Waals surface area contributed by atoms with Gasteiger partial charge in [0.05, 0.1) is 7.11 Å². The highest BCUT2D eigenvalue weighted by Crippen LogP contribution is 2.25. The van der Waals surface area contributed by atoms with Crippen molar-refractivity contribution in [1.29, 1.82) is 0 Å². The van der Waals surface area contributed by atoms with Crippen molar-refractivity contribution in [1.82, 2.24) is 0 Å². The van der Waals surface area contributed by atoms with E-state index < -0.39 is 0 Å². The van der Waals surface area contributed by atoms with Crippen molar-refractivity contribution < 1.29 is 9.53 Å². The van der Waals surface area contributed by atoms with Gasteiger partial charge in [-0.1, -0.05) is 12.8 Å². The second kappa shape index (κ2) is 6.22. The topological polar surface area (TPSA) is 52.3 Å². The molecule has 3 nitrogen and oxygen atoms in total. The number of nitrogens with two attached hydrogens (primary N) is 1. The Morgan fingerprint density at radius 1 is 1.46 bits per heavy atom. The van der Waals surface area contributed by atoms with Crippen molar-refractivity contribution in [2.24, 2.45) is 11.7 Å². The van der Waals surface area contributed by atoms with Gasteiger partial charge in [-0.15, -0.1) is 12.4 Å². The maximum absolute atomic E-state index is 10.9. The van der Waals surface area contributed by atoms with Crippen LogP contribution in [0.3, 0.4) is 0 Å². The van der Waals surface area contributed by atoms with E-state index in [1.54, 1.807) is 0 Å². The first-order valence-corrected chi connectivity index (χ1v) is 4.56. The van der Waals surface area contributed by atoms with E-state index in [4.69, 9.17) is 5.73 Å². The van der Waals surface area contributed by atoms with Crippen molar-refractivity contribution in [2.45, 2.75) is 38.1 Å². The Hall–Kier alpha value is -0.280. The lowest BCUT2D eigenvalue weighted by Crippen LogP contribution is -2.34. The normalized spacial score (nSPS) is 27.5. The fraction of sp³-hybridized carbons (Fsp3) is 0.889. The van der Waals surface area contributed by atoms with E-state index in [-0.39, 0.29) is 24.4 Å². The number of carbonyl (C=O) groups excluding carboxylic acids is 1. The van der Waals surface area contributed by atoms with Crippen LogP contribution in [0.1, 0.15) is 32.1 Å². The van der Waals surface area contributed by atoms with Crippen LogP contribution in [-0.4, -0.2) is 19.1 Å². The van der Waals surface area contributed by atoms with Crippen LogP contribution in [-0.2, 0) is 9.53 Å². The summed E-state index contributed by atoms with van der Waals surface area (Å²) in [4.78, 5) is 10.9. The molecule has 0 radical (unpaired) electrons. The molecule has 0 bridgehead atoms. The van der Waals surface area contributed by atoms with Gasteiger partial charge in [-0.2, -0.15) is 0 Å². The van der Waals surface area contributed by atoms with E-state index in [1.807, 2.05) is 0 Å². The number of hydrogen-bond donors (Lipinski definition) is 1. The number of halogens is 1. The molecule has 0 amide bonds. The van der Waals surface area contributed by atoms with Gasteiger partial charge in [-0.05, 0) is 18.8 Å². The molecule has 0 aromatic carbocycles. The maximum atomic E-state index is 10.9. The van der Waals surface area contributed by atoms with Crippen LogP contribution in [0.4, 0.5) is 0 Å². The maximum Gasteiger partial charge on any atom is 0.305 e. The summed E-state index contributed by atoms with van der Waals surface area (Å²) in [6, 6.07) is 0.206. The molecular formula is C9H18ClNO2. The molecule has 1 aliphatic carbocycles. The van der Waals surface area contributed by atoms with Gasteiger partial charge in [0.25, 0.3) is 0 Å². The largest absolute Gasteiger partial charge is 0.469 e. The molecule has 0 saturated heterocycles. The number of carbonyl (C=O) groups is 1. The van der Waals surface area contributed by atoms with E-state index in [9.17, 15) is 4.79 Å². The molecule has 1 aliphatic rings. The van der Waals surface area contributed by atoms with Crippen LogP contribution >= 0.6 is 12.4 Å². The van der Waals surface area contributed by atoms with Crippen molar-refractivity contribution in [3.63, 3.8) is 0 Å². The number of ether oxygens (including phenoxy) is 1. The molecular weight excluding hydrogens is 190 g/mol. The van der Waals surface area contributed by atoms with Gasteiger partial charge in [0.2, 0.25) is 0 Å². The first-order valence-electron chi connectivity index (χ1n) is 4.56. The number of methoxy groups -OCH3 is 1. The highest BCUT2D eigenvalue weighted by molar-refractivity contribution is 5.85. The molecule has 2 N–H and O–H groups in total. The monoisotopic (exact) mass is 207 g/mol. The van der Waals surface area contributed by atoms with Crippen molar-refractivity contribution in [3.05, 3.63) is 0 Å². The Kier molecular flexibility index (Phi) is 6.08. The third-order valence-electron chi connectivity index (χ3n) is 2.62. The van der Waals surface area contributed by atoms with Crippen molar-refractivity contribution in [3.8, 4) is 0 Å². The van der Waals surface area contributed by atoms with Gasteiger partial charge in [-0.3, -0.25) is 4.79 Å². The van der Waals surface area contributed by atoms with Crippen molar-refractivity contribution >= 4 is 18.4 Å². The van der Waals surface area contributed by atoms with Gasteiger partial charge >= 0.3 is 5.97 Å². The zero-order valence-corrected chi connectivity index (χ0v) is 8.81. The molecule has 1 rings (SSSR count). The number of esters is 1. The van der Waals surface area contributed by atoms with E-state index in [0.29, 0.717) is 12.3 Å². The third-order valence-corrected chi connectivity index (χ3v) is 2.62. The van der Waals surface area contributed by atoms with Crippen LogP contribution in [0, 0.1) is 5.92 Å². The first-order chi connectivity index (χ1) is 5.74. The minimum atomic E-state index is -0.127. The second-order valence-electron chi connectivity index (χ2n) is 3.49. The molecule has 78 valence electrons. The minimum Gasteiger partial charge on any atom is -0.469 e. The van der Waals surface area contributed by atoms with Gasteiger partial charge in [-0.25, -0.2) is 0 Å². The summed E-state index contributed by atoms with van der Waals surface area (Å²) < 4.78 is 4.61. The Balaban J connectivity index is 0.00000144. The first kappa shape index (κ1) is 12.7. The summed E-state index contributed by atoms with van der Waals surface area (Å²) >= 11 is 0. The zero-order valence-electron chi connectivity index (χ0n) is 7.99. The fourth-order valence-corrected chi connectivity index (χ4v) is 1.79. The molecule has 13 heavy (non-hydrogen) atoms. The van der Waals surface area contributed by atoms with E-state index >= 15 is 0 Å². The summed E-state index contributed by atoms with van der Waals surface area (Å²) in [6.45, 7) is 0. The Labute approximate surface area is 85.4 Å². The Morgan fingerprint density at radius 3 is 2.62 bits per heavy atom. The fourth-order valence-electron chi connectivity index (χ4n) is 1.79. The Morgan fingerprint density at radius 2 is 2.08 bits per heavy atom. The molecule has 0 unspecified atom stereocenters. The summed E-state index contributed by atoms with van der Waals surface area (Å²) in [5.41, 5.74) is 5.87. The van der Waals surface area contributed by atoms with E-state index in [2.05, 4.69) is 4.74 Å². The third kappa shape index (κ3) is 3.96. The quantitative estimate of drug-likeness (QED) is 0.699.